The second kappa shape index (κ2) is 2.26. The van der Waals surface area contributed by atoms with Gasteiger partial charge in [-0.15, -0.1) is 0 Å². The summed E-state index contributed by atoms with van der Waals surface area (Å²) in [6.07, 6.45) is 3.34. The first-order valence-electron chi connectivity index (χ1n) is 4.67. The van der Waals surface area contributed by atoms with Crippen molar-refractivity contribution in [1.29, 1.82) is 0 Å². The van der Waals surface area contributed by atoms with Gasteiger partial charge in [-0.2, -0.15) is 0 Å². The topological polar surface area (TPSA) is 51.2 Å². The third kappa shape index (κ3) is 0.937. The second-order valence-electron chi connectivity index (χ2n) is 3.92. The van der Waals surface area contributed by atoms with Gasteiger partial charge in [-0.3, -0.25) is 4.79 Å². The Morgan fingerprint density at radius 2 is 2.36 bits per heavy atom. The van der Waals surface area contributed by atoms with Crippen LogP contribution in [-0.2, 0) is 4.79 Å². The van der Waals surface area contributed by atoms with Crippen LogP contribution < -0.4 is 10.1 Å². The van der Waals surface area contributed by atoms with Gasteiger partial charge in [-0.1, -0.05) is 0 Å². The highest BCUT2D eigenvalue weighted by atomic mass is 16.5. The Morgan fingerprint density at radius 3 is 3.07 bits per heavy atom. The first kappa shape index (κ1) is 7.79. The van der Waals surface area contributed by atoms with Crippen LogP contribution in [0.15, 0.2) is 12.3 Å². The maximum Gasteiger partial charge on any atom is 0.268 e. The summed E-state index contributed by atoms with van der Waals surface area (Å²) in [4.78, 5) is 15.7. The number of hydrogen-bond acceptors (Lipinski definition) is 3. The molecule has 72 valence electrons. The Bertz CT molecular complexity index is 424. The first-order chi connectivity index (χ1) is 6.70. The summed E-state index contributed by atoms with van der Waals surface area (Å²) < 4.78 is 5.57. The van der Waals surface area contributed by atoms with Gasteiger partial charge in [0.25, 0.3) is 5.91 Å². The number of hydrogen-bond donors (Lipinski definition) is 1. The summed E-state index contributed by atoms with van der Waals surface area (Å²) in [6, 6.07) is 1.87. The number of carbonyl (C=O) groups excluding carboxylic acids is 1. The summed E-state index contributed by atoms with van der Waals surface area (Å²) in [7, 11) is 0. The molecule has 0 aromatic carbocycles. The molecule has 1 amide bonds. The second-order valence-corrected chi connectivity index (χ2v) is 3.92. The maximum atomic E-state index is 11.6. The molecule has 0 unspecified atom stereocenters. The number of fused-ring (bicyclic) bond motifs is 1. The van der Waals surface area contributed by atoms with Crippen LogP contribution in [0.2, 0.25) is 0 Å². The lowest BCUT2D eigenvalue weighted by Gasteiger charge is -2.24. The van der Waals surface area contributed by atoms with Crippen molar-refractivity contribution in [2.45, 2.75) is 25.4 Å². The lowest BCUT2D eigenvalue weighted by molar-refractivity contribution is -0.125. The van der Waals surface area contributed by atoms with E-state index in [0.29, 0.717) is 11.6 Å². The van der Waals surface area contributed by atoms with Gasteiger partial charge in [0, 0.05) is 19.0 Å². The lowest BCUT2D eigenvalue weighted by Crippen LogP contribution is -2.39. The molecule has 4 nitrogen and oxygen atoms in total. The SMILES string of the molecule is Cc1cnc2c(c1)NC(=O)C1(CC1)O2. The molecule has 0 radical (unpaired) electrons. The minimum atomic E-state index is -0.588. The van der Waals surface area contributed by atoms with Crippen molar-refractivity contribution < 1.29 is 9.53 Å². The summed E-state index contributed by atoms with van der Waals surface area (Å²) in [5.41, 5.74) is 1.11. The molecule has 1 aliphatic heterocycles. The fraction of sp³-hybridized carbons (Fsp3) is 0.400. The van der Waals surface area contributed by atoms with Crippen molar-refractivity contribution in [3.63, 3.8) is 0 Å². The van der Waals surface area contributed by atoms with Gasteiger partial charge in [0.15, 0.2) is 5.60 Å². The van der Waals surface area contributed by atoms with Crippen molar-refractivity contribution in [2.24, 2.45) is 0 Å². The van der Waals surface area contributed by atoms with Crippen LogP contribution in [0.25, 0.3) is 0 Å². The van der Waals surface area contributed by atoms with Gasteiger partial charge in [0.2, 0.25) is 5.88 Å². The van der Waals surface area contributed by atoms with E-state index in [0.717, 1.165) is 18.4 Å². The van der Waals surface area contributed by atoms with Gasteiger partial charge >= 0.3 is 0 Å². The fourth-order valence-corrected chi connectivity index (χ4v) is 1.64. The van der Waals surface area contributed by atoms with E-state index in [2.05, 4.69) is 10.3 Å². The van der Waals surface area contributed by atoms with Crippen LogP contribution in [0.5, 0.6) is 5.88 Å². The number of pyridine rings is 1. The van der Waals surface area contributed by atoms with Crippen LogP contribution in [0, 0.1) is 6.92 Å². The van der Waals surface area contributed by atoms with E-state index in [-0.39, 0.29) is 5.91 Å². The summed E-state index contributed by atoms with van der Waals surface area (Å²) in [6.45, 7) is 1.93. The first-order valence-corrected chi connectivity index (χ1v) is 4.67. The van der Waals surface area contributed by atoms with Crippen LogP contribution in [-0.4, -0.2) is 16.5 Å². The number of carbonyl (C=O) groups is 1. The van der Waals surface area contributed by atoms with Crippen molar-refractivity contribution in [3.05, 3.63) is 17.8 Å². The molecule has 1 aromatic heterocycles. The molecule has 2 aliphatic rings. The molecule has 1 spiro atoms. The van der Waals surface area contributed by atoms with Gasteiger partial charge in [-0.05, 0) is 18.6 Å². The number of amides is 1. The Labute approximate surface area is 81.3 Å². The van der Waals surface area contributed by atoms with E-state index in [1.165, 1.54) is 0 Å². The number of aryl methyl sites for hydroxylation is 1. The molecular formula is C10H10N2O2. The average Bonchev–Trinajstić information content (AvgIpc) is 2.89. The van der Waals surface area contributed by atoms with E-state index in [1.807, 2.05) is 13.0 Å². The molecule has 0 bridgehead atoms. The highest BCUT2D eigenvalue weighted by Gasteiger charge is 2.55. The smallest absolute Gasteiger partial charge is 0.268 e. The highest BCUT2D eigenvalue weighted by Crippen LogP contribution is 2.45. The third-order valence-electron chi connectivity index (χ3n) is 2.65. The molecule has 1 saturated carbocycles. The number of nitrogens with one attached hydrogen (secondary N) is 1. The Hall–Kier alpha value is -1.58. The number of rotatable bonds is 0. The molecule has 0 saturated heterocycles. The molecule has 1 N–H and O–H groups in total. The van der Waals surface area contributed by atoms with E-state index in [4.69, 9.17) is 4.74 Å². The Balaban J connectivity index is 2.06. The van der Waals surface area contributed by atoms with Crippen LogP contribution in [0.3, 0.4) is 0 Å². The van der Waals surface area contributed by atoms with Crippen molar-refractivity contribution in [3.8, 4) is 5.88 Å². The molecule has 3 rings (SSSR count). The van der Waals surface area contributed by atoms with Crippen molar-refractivity contribution >= 4 is 11.6 Å². The Kier molecular flexibility index (Phi) is 1.26. The van der Waals surface area contributed by atoms with Crippen molar-refractivity contribution in [2.75, 3.05) is 5.32 Å². The third-order valence-corrected chi connectivity index (χ3v) is 2.65. The average molecular weight is 190 g/mol. The molecule has 1 aliphatic carbocycles. The van der Waals surface area contributed by atoms with Crippen LogP contribution in [0.4, 0.5) is 5.69 Å². The van der Waals surface area contributed by atoms with Gasteiger partial charge in [0.05, 0.1) is 0 Å². The van der Waals surface area contributed by atoms with Crippen molar-refractivity contribution in [1.82, 2.24) is 4.98 Å². The lowest BCUT2D eigenvalue weighted by atomic mass is 10.2. The zero-order valence-electron chi connectivity index (χ0n) is 7.83. The van der Waals surface area contributed by atoms with Gasteiger partial charge in [0.1, 0.15) is 5.69 Å². The predicted molar refractivity (Wildman–Crippen MR) is 50.2 cm³/mol. The molecule has 2 heterocycles. The molecule has 0 atom stereocenters. The normalized spacial score (nSPS) is 21.1. The largest absolute Gasteiger partial charge is 0.459 e. The molecule has 1 aromatic rings. The standard InChI is InChI=1S/C10H10N2O2/c1-6-4-7-8(11-5-6)14-10(2-3-10)9(13)12-7/h4-5H,2-3H2,1H3,(H,12,13). The summed E-state index contributed by atoms with van der Waals surface area (Å²) >= 11 is 0. The number of anilines is 1. The van der Waals surface area contributed by atoms with E-state index in [1.54, 1.807) is 6.20 Å². The summed E-state index contributed by atoms with van der Waals surface area (Å²) in [5.74, 6) is 0.519. The van der Waals surface area contributed by atoms with E-state index >= 15 is 0 Å². The number of ether oxygens (including phenoxy) is 1. The molecule has 1 fully saturated rings. The Morgan fingerprint density at radius 1 is 1.57 bits per heavy atom. The number of aromatic nitrogens is 1. The molecular weight excluding hydrogens is 180 g/mol. The zero-order valence-corrected chi connectivity index (χ0v) is 7.83. The number of nitrogens with zero attached hydrogens (tertiary/aromatic N) is 1. The zero-order chi connectivity index (χ0) is 9.76. The minimum Gasteiger partial charge on any atom is -0.459 e. The van der Waals surface area contributed by atoms with Gasteiger partial charge in [-0.25, -0.2) is 4.98 Å². The maximum absolute atomic E-state index is 11.6. The fourth-order valence-electron chi connectivity index (χ4n) is 1.64. The van der Waals surface area contributed by atoms with Gasteiger partial charge < -0.3 is 10.1 Å². The minimum absolute atomic E-state index is 0.0302. The predicted octanol–water partition coefficient (Wildman–Crippen LogP) is 1.25. The van der Waals surface area contributed by atoms with Crippen LogP contribution >= 0.6 is 0 Å². The van der Waals surface area contributed by atoms with E-state index in [9.17, 15) is 4.79 Å². The highest BCUT2D eigenvalue weighted by molar-refractivity contribution is 6.02. The molecule has 4 heteroatoms. The monoisotopic (exact) mass is 190 g/mol. The van der Waals surface area contributed by atoms with E-state index < -0.39 is 5.60 Å². The summed E-state index contributed by atoms with van der Waals surface area (Å²) in [5, 5.41) is 2.83. The van der Waals surface area contributed by atoms with Crippen LogP contribution in [0.1, 0.15) is 18.4 Å². The quantitative estimate of drug-likeness (QED) is 0.669. The molecule has 14 heavy (non-hydrogen) atoms.